The highest BCUT2D eigenvalue weighted by atomic mass is 19.1. The van der Waals surface area contributed by atoms with Crippen molar-refractivity contribution >= 4 is 23.3 Å². The van der Waals surface area contributed by atoms with Crippen molar-refractivity contribution in [2.75, 3.05) is 42.9 Å². The highest BCUT2D eigenvalue weighted by Gasteiger charge is 2.21. The van der Waals surface area contributed by atoms with Crippen LogP contribution in [0.2, 0.25) is 0 Å². The number of hydrogen-bond donors (Lipinski definition) is 2. The van der Waals surface area contributed by atoms with Crippen molar-refractivity contribution in [1.82, 2.24) is 10.2 Å². The number of para-hydroxylation sites is 2. The number of nitrogens with zero attached hydrogens (tertiary/aromatic N) is 2. The molecule has 1 aliphatic heterocycles. The molecule has 2 N–H and O–H groups in total. The summed E-state index contributed by atoms with van der Waals surface area (Å²) in [6.07, 6.45) is 0. The van der Waals surface area contributed by atoms with Gasteiger partial charge in [-0.25, -0.2) is 13.6 Å². The van der Waals surface area contributed by atoms with E-state index in [2.05, 4.69) is 15.5 Å². The number of rotatable bonds is 4. The van der Waals surface area contributed by atoms with Gasteiger partial charge in [-0.15, -0.1) is 0 Å². The molecule has 0 bridgehead atoms. The Labute approximate surface area is 155 Å². The molecular weight excluding hydrogens is 354 g/mol. The number of halogens is 2. The maximum atomic E-state index is 13.5. The predicted molar refractivity (Wildman–Crippen MR) is 98.6 cm³/mol. The van der Waals surface area contributed by atoms with E-state index in [9.17, 15) is 18.4 Å². The molecular formula is C19H20F2N4O2. The Bertz CT molecular complexity index is 788. The maximum Gasteiger partial charge on any atom is 0.317 e. The minimum atomic E-state index is -0.869. The van der Waals surface area contributed by atoms with Crippen molar-refractivity contribution in [3.8, 4) is 0 Å². The molecule has 0 aromatic heterocycles. The molecule has 3 rings (SSSR count). The lowest BCUT2D eigenvalue weighted by molar-refractivity contribution is -0.115. The average molecular weight is 374 g/mol. The number of piperazine rings is 1. The van der Waals surface area contributed by atoms with Gasteiger partial charge in [-0.3, -0.25) is 4.79 Å². The summed E-state index contributed by atoms with van der Waals surface area (Å²) in [5, 5.41) is 4.61. The number of hydrogen-bond acceptors (Lipinski definition) is 3. The first-order valence-corrected chi connectivity index (χ1v) is 8.61. The summed E-state index contributed by atoms with van der Waals surface area (Å²) in [7, 11) is 0. The summed E-state index contributed by atoms with van der Waals surface area (Å²) in [5.74, 6) is -2.44. The summed E-state index contributed by atoms with van der Waals surface area (Å²) in [6, 6.07) is 12.8. The molecule has 8 heteroatoms. The van der Waals surface area contributed by atoms with Crippen molar-refractivity contribution in [2.24, 2.45) is 0 Å². The number of nitrogens with one attached hydrogen (secondary N) is 2. The van der Waals surface area contributed by atoms with Gasteiger partial charge in [-0.2, -0.15) is 0 Å². The molecule has 1 fully saturated rings. The van der Waals surface area contributed by atoms with Gasteiger partial charge in [0.2, 0.25) is 5.91 Å². The number of anilines is 2. The van der Waals surface area contributed by atoms with Crippen molar-refractivity contribution in [2.45, 2.75) is 0 Å². The minimum absolute atomic E-state index is 0.370. The summed E-state index contributed by atoms with van der Waals surface area (Å²) in [5.41, 5.74) is 0.581. The molecule has 3 amide bonds. The van der Waals surface area contributed by atoms with Crippen molar-refractivity contribution in [3.05, 3.63) is 60.2 Å². The standard InChI is InChI=1S/C19H20F2N4O2/c20-15-7-4-8-16(21)18(15)23-17(26)13-22-19(27)25-11-9-24(10-12-25)14-5-2-1-3-6-14/h1-8H,9-13H2,(H,22,27)(H,23,26). The largest absolute Gasteiger partial charge is 0.368 e. The number of carbonyl (C=O) groups is 2. The van der Waals surface area contributed by atoms with Gasteiger partial charge >= 0.3 is 6.03 Å². The summed E-state index contributed by atoms with van der Waals surface area (Å²) in [4.78, 5) is 27.8. The van der Waals surface area contributed by atoms with E-state index in [0.717, 1.165) is 17.8 Å². The first-order chi connectivity index (χ1) is 13.0. The van der Waals surface area contributed by atoms with E-state index >= 15 is 0 Å². The summed E-state index contributed by atoms with van der Waals surface area (Å²) >= 11 is 0. The minimum Gasteiger partial charge on any atom is -0.368 e. The van der Waals surface area contributed by atoms with Crippen LogP contribution in [0.3, 0.4) is 0 Å². The molecule has 1 saturated heterocycles. The highest BCUT2D eigenvalue weighted by molar-refractivity contribution is 5.94. The molecule has 0 radical (unpaired) electrons. The van der Waals surface area contributed by atoms with Gasteiger partial charge < -0.3 is 20.4 Å². The Hall–Kier alpha value is -3.16. The second-order valence-electron chi connectivity index (χ2n) is 6.11. The Morgan fingerprint density at radius 3 is 2.15 bits per heavy atom. The van der Waals surface area contributed by atoms with E-state index in [1.807, 2.05) is 30.3 Å². The SMILES string of the molecule is O=C(CNC(=O)N1CCN(c2ccccc2)CC1)Nc1c(F)cccc1F. The molecule has 142 valence electrons. The first kappa shape index (κ1) is 18.6. The van der Waals surface area contributed by atoms with Crippen molar-refractivity contribution in [1.29, 1.82) is 0 Å². The number of benzene rings is 2. The second-order valence-corrected chi connectivity index (χ2v) is 6.11. The normalized spacial score (nSPS) is 14.0. The number of carbonyl (C=O) groups excluding carboxylic acids is 2. The van der Waals surface area contributed by atoms with Gasteiger partial charge in [0.25, 0.3) is 0 Å². The molecule has 1 aliphatic rings. The van der Waals surface area contributed by atoms with Crippen LogP contribution >= 0.6 is 0 Å². The molecule has 0 aliphatic carbocycles. The lowest BCUT2D eigenvalue weighted by Crippen LogP contribution is -2.52. The third-order valence-corrected chi connectivity index (χ3v) is 4.32. The van der Waals surface area contributed by atoms with Crippen LogP contribution in [0, 0.1) is 11.6 Å². The van der Waals surface area contributed by atoms with Crippen molar-refractivity contribution < 1.29 is 18.4 Å². The zero-order chi connectivity index (χ0) is 19.2. The van der Waals surface area contributed by atoms with Crippen molar-refractivity contribution in [3.63, 3.8) is 0 Å². The molecule has 2 aromatic rings. The summed E-state index contributed by atoms with van der Waals surface area (Å²) in [6.45, 7) is 2.04. The van der Waals surface area contributed by atoms with Crippen LogP contribution in [-0.2, 0) is 4.79 Å². The van der Waals surface area contributed by atoms with Crippen LogP contribution in [0.25, 0.3) is 0 Å². The van der Waals surface area contributed by atoms with Crippen LogP contribution in [-0.4, -0.2) is 49.6 Å². The molecule has 0 spiro atoms. The molecule has 27 heavy (non-hydrogen) atoms. The Morgan fingerprint density at radius 2 is 1.52 bits per heavy atom. The van der Waals surface area contributed by atoms with Gasteiger partial charge in [-0.05, 0) is 24.3 Å². The fraction of sp³-hybridized carbons (Fsp3) is 0.263. The van der Waals surface area contributed by atoms with Crippen LogP contribution in [0.5, 0.6) is 0 Å². The first-order valence-electron chi connectivity index (χ1n) is 8.61. The molecule has 0 saturated carbocycles. The lowest BCUT2D eigenvalue weighted by atomic mass is 10.2. The quantitative estimate of drug-likeness (QED) is 0.864. The Balaban J connectivity index is 1.45. The van der Waals surface area contributed by atoms with Crippen LogP contribution in [0.1, 0.15) is 0 Å². The van der Waals surface area contributed by atoms with E-state index in [1.165, 1.54) is 6.07 Å². The van der Waals surface area contributed by atoms with E-state index < -0.39 is 23.2 Å². The molecule has 0 unspecified atom stereocenters. The second kappa shape index (κ2) is 8.48. The number of urea groups is 1. The van der Waals surface area contributed by atoms with Crippen LogP contribution in [0.4, 0.5) is 25.0 Å². The van der Waals surface area contributed by atoms with Gasteiger partial charge in [-0.1, -0.05) is 24.3 Å². The van der Waals surface area contributed by atoms with E-state index in [0.29, 0.717) is 26.2 Å². The fourth-order valence-corrected chi connectivity index (χ4v) is 2.88. The van der Waals surface area contributed by atoms with Crippen LogP contribution < -0.4 is 15.5 Å². The molecule has 2 aromatic carbocycles. The average Bonchev–Trinajstić information content (AvgIpc) is 2.70. The Kier molecular flexibility index (Phi) is 5.85. The zero-order valence-corrected chi connectivity index (χ0v) is 14.6. The topological polar surface area (TPSA) is 64.7 Å². The lowest BCUT2D eigenvalue weighted by Gasteiger charge is -2.36. The van der Waals surface area contributed by atoms with Gasteiger partial charge in [0, 0.05) is 31.9 Å². The van der Waals surface area contributed by atoms with E-state index in [-0.39, 0.29) is 12.6 Å². The predicted octanol–water partition coefficient (Wildman–Crippen LogP) is 2.44. The highest BCUT2D eigenvalue weighted by Crippen LogP contribution is 2.18. The maximum absolute atomic E-state index is 13.5. The fourth-order valence-electron chi connectivity index (χ4n) is 2.88. The van der Waals surface area contributed by atoms with Gasteiger partial charge in [0.05, 0.1) is 6.54 Å². The molecule has 6 nitrogen and oxygen atoms in total. The van der Waals surface area contributed by atoms with Gasteiger partial charge in [0.1, 0.15) is 17.3 Å². The van der Waals surface area contributed by atoms with E-state index in [1.54, 1.807) is 4.90 Å². The van der Waals surface area contributed by atoms with E-state index in [4.69, 9.17) is 0 Å². The van der Waals surface area contributed by atoms with Crippen LogP contribution in [0.15, 0.2) is 48.5 Å². The summed E-state index contributed by atoms with van der Waals surface area (Å²) < 4.78 is 27.0. The monoisotopic (exact) mass is 374 g/mol. The Morgan fingerprint density at radius 1 is 0.889 bits per heavy atom. The number of amides is 3. The van der Waals surface area contributed by atoms with Gasteiger partial charge in [0.15, 0.2) is 0 Å². The third kappa shape index (κ3) is 4.72. The third-order valence-electron chi connectivity index (χ3n) is 4.32. The zero-order valence-electron chi connectivity index (χ0n) is 14.6. The smallest absolute Gasteiger partial charge is 0.317 e. The molecule has 1 heterocycles. The molecule has 0 atom stereocenters.